The molecule has 6 heteroatoms. The minimum absolute atomic E-state index is 0.168. The predicted molar refractivity (Wildman–Crippen MR) is 93.0 cm³/mol. The van der Waals surface area contributed by atoms with Crippen LogP contribution in [-0.2, 0) is 4.79 Å². The Hall–Kier alpha value is -2.89. The molecule has 0 aliphatic carbocycles. The lowest BCUT2D eigenvalue weighted by Crippen LogP contribution is -2.38. The maximum atomic E-state index is 13.1. The first-order valence-corrected chi connectivity index (χ1v) is 7.88. The van der Waals surface area contributed by atoms with Crippen molar-refractivity contribution in [2.45, 2.75) is 19.9 Å². The highest BCUT2D eigenvalue weighted by atomic mass is 19.1. The van der Waals surface area contributed by atoms with Crippen LogP contribution in [0.1, 0.15) is 34.5 Å². The van der Waals surface area contributed by atoms with Gasteiger partial charge in [0, 0.05) is 11.1 Å². The number of carbonyl (C=O) groups excluding carboxylic acids is 2. The van der Waals surface area contributed by atoms with Gasteiger partial charge in [0.2, 0.25) is 5.91 Å². The summed E-state index contributed by atoms with van der Waals surface area (Å²) in [6, 6.07) is 10.7. The average molecular weight is 344 g/mol. The van der Waals surface area contributed by atoms with Gasteiger partial charge in [0.25, 0.3) is 5.91 Å². The molecule has 1 atom stereocenters. The van der Waals surface area contributed by atoms with Gasteiger partial charge in [-0.2, -0.15) is 0 Å². The number of benzene rings is 2. The molecule has 1 unspecified atom stereocenters. The van der Waals surface area contributed by atoms with Gasteiger partial charge in [-0.15, -0.1) is 0 Å². The molecule has 2 aromatic rings. The number of ether oxygens (including phenoxy) is 1. The number of nitrogens with one attached hydrogen (secondary N) is 2. The molecule has 0 aliphatic heterocycles. The minimum atomic E-state index is -0.504. The summed E-state index contributed by atoms with van der Waals surface area (Å²) < 4.78 is 18.4. The molecule has 25 heavy (non-hydrogen) atoms. The van der Waals surface area contributed by atoms with Crippen LogP contribution >= 0.6 is 0 Å². The van der Waals surface area contributed by atoms with Crippen molar-refractivity contribution in [3.8, 4) is 5.75 Å². The van der Waals surface area contributed by atoms with Crippen LogP contribution in [0.4, 0.5) is 4.39 Å². The molecule has 2 N–H and O–H groups in total. The standard InChI is InChI=1S/C19H21FN2O3/c1-12-7-8-17(25-3)16(9-12)13(2)22-18(23)11-21-19(24)14-5-4-6-15(20)10-14/h4-10,13H,11H2,1-3H3,(H,21,24)(H,22,23). The summed E-state index contributed by atoms with van der Waals surface area (Å²) in [7, 11) is 1.57. The molecule has 0 saturated heterocycles. The summed E-state index contributed by atoms with van der Waals surface area (Å²) in [4.78, 5) is 24.0. The SMILES string of the molecule is COc1ccc(C)cc1C(C)NC(=O)CNC(=O)c1cccc(F)c1. The molecule has 0 bridgehead atoms. The van der Waals surface area contributed by atoms with Gasteiger partial charge in [0.15, 0.2) is 0 Å². The Balaban J connectivity index is 1.94. The van der Waals surface area contributed by atoms with Crippen LogP contribution < -0.4 is 15.4 Å². The van der Waals surface area contributed by atoms with Crippen LogP contribution in [0, 0.1) is 12.7 Å². The van der Waals surface area contributed by atoms with Crippen molar-refractivity contribution in [2.24, 2.45) is 0 Å². The van der Waals surface area contributed by atoms with E-state index in [1.807, 2.05) is 32.0 Å². The Morgan fingerprint density at radius 2 is 1.96 bits per heavy atom. The van der Waals surface area contributed by atoms with Crippen molar-refractivity contribution in [3.63, 3.8) is 0 Å². The van der Waals surface area contributed by atoms with E-state index >= 15 is 0 Å². The monoisotopic (exact) mass is 344 g/mol. The molecule has 0 aromatic heterocycles. The van der Waals surface area contributed by atoms with Crippen LogP contribution in [0.25, 0.3) is 0 Å². The zero-order valence-electron chi connectivity index (χ0n) is 14.4. The summed E-state index contributed by atoms with van der Waals surface area (Å²) in [6.07, 6.45) is 0. The van der Waals surface area contributed by atoms with Gasteiger partial charge in [-0.05, 0) is 38.1 Å². The third-order valence-corrected chi connectivity index (χ3v) is 3.73. The number of hydrogen-bond donors (Lipinski definition) is 2. The molecule has 0 radical (unpaired) electrons. The van der Waals surface area contributed by atoms with Crippen LogP contribution in [0.5, 0.6) is 5.75 Å². The second-order valence-electron chi connectivity index (χ2n) is 5.73. The van der Waals surface area contributed by atoms with E-state index in [0.29, 0.717) is 5.75 Å². The van der Waals surface area contributed by atoms with E-state index in [1.54, 1.807) is 7.11 Å². The Morgan fingerprint density at radius 1 is 1.20 bits per heavy atom. The number of rotatable bonds is 6. The average Bonchev–Trinajstić information content (AvgIpc) is 2.59. The first-order valence-electron chi connectivity index (χ1n) is 7.88. The van der Waals surface area contributed by atoms with Crippen LogP contribution in [-0.4, -0.2) is 25.5 Å². The molecule has 5 nitrogen and oxygen atoms in total. The molecule has 2 rings (SSSR count). The Labute approximate surface area is 146 Å². The van der Waals surface area contributed by atoms with Crippen LogP contribution in [0.2, 0.25) is 0 Å². The van der Waals surface area contributed by atoms with Gasteiger partial charge in [0.1, 0.15) is 11.6 Å². The molecule has 0 heterocycles. The van der Waals surface area contributed by atoms with Crippen molar-refractivity contribution in [2.75, 3.05) is 13.7 Å². The smallest absolute Gasteiger partial charge is 0.251 e. The maximum Gasteiger partial charge on any atom is 0.251 e. The fourth-order valence-corrected chi connectivity index (χ4v) is 2.45. The second-order valence-corrected chi connectivity index (χ2v) is 5.73. The molecule has 132 valence electrons. The number of aryl methyl sites for hydroxylation is 1. The zero-order valence-corrected chi connectivity index (χ0v) is 14.4. The fraction of sp³-hybridized carbons (Fsp3) is 0.263. The lowest BCUT2D eigenvalue weighted by Gasteiger charge is -2.18. The van der Waals surface area contributed by atoms with E-state index in [2.05, 4.69) is 10.6 Å². The van der Waals surface area contributed by atoms with Crippen molar-refractivity contribution in [1.82, 2.24) is 10.6 Å². The Bertz CT molecular complexity index is 777. The lowest BCUT2D eigenvalue weighted by atomic mass is 10.0. The molecule has 0 saturated carbocycles. The largest absolute Gasteiger partial charge is 0.496 e. The van der Waals surface area contributed by atoms with Gasteiger partial charge in [-0.25, -0.2) is 4.39 Å². The predicted octanol–water partition coefficient (Wildman–Crippen LogP) is 2.75. The lowest BCUT2D eigenvalue weighted by molar-refractivity contribution is -0.120. The summed E-state index contributed by atoms with van der Waals surface area (Å²) in [5.74, 6) is -0.671. The van der Waals surface area contributed by atoms with Gasteiger partial charge < -0.3 is 15.4 Å². The first-order chi connectivity index (χ1) is 11.9. The van der Waals surface area contributed by atoms with E-state index in [1.165, 1.54) is 18.2 Å². The first kappa shape index (κ1) is 18.4. The molecular weight excluding hydrogens is 323 g/mol. The normalized spacial score (nSPS) is 11.5. The number of halogens is 1. The number of hydrogen-bond acceptors (Lipinski definition) is 3. The van der Waals surface area contributed by atoms with E-state index in [9.17, 15) is 14.0 Å². The zero-order chi connectivity index (χ0) is 18.4. The highest BCUT2D eigenvalue weighted by Gasteiger charge is 2.15. The van der Waals surface area contributed by atoms with Crippen LogP contribution in [0.15, 0.2) is 42.5 Å². The Kier molecular flexibility index (Phi) is 6.11. The summed E-state index contributed by atoms with van der Waals surface area (Å²) >= 11 is 0. The Morgan fingerprint density at radius 3 is 2.64 bits per heavy atom. The second kappa shape index (κ2) is 8.28. The van der Waals surface area contributed by atoms with Crippen molar-refractivity contribution in [1.29, 1.82) is 0 Å². The quantitative estimate of drug-likeness (QED) is 0.847. The molecule has 2 amide bonds. The third kappa shape index (κ3) is 5.04. The fourth-order valence-electron chi connectivity index (χ4n) is 2.45. The van der Waals surface area contributed by atoms with Crippen molar-refractivity contribution < 1.29 is 18.7 Å². The minimum Gasteiger partial charge on any atom is -0.496 e. The van der Waals surface area contributed by atoms with Crippen LogP contribution in [0.3, 0.4) is 0 Å². The molecule has 2 aromatic carbocycles. The van der Waals surface area contributed by atoms with Gasteiger partial charge in [-0.1, -0.05) is 23.8 Å². The number of carbonyl (C=O) groups is 2. The maximum absolute atomic E-state index is 13.1. The summed E-state index contributed by atoms with van der Waals surface area (Å²) in [5.41, 5.74) is 2.07. The van der Waals surface area contributed by atoms with E-state index in [4.69, 9.17) is 4.74 Å². The van der Waals surface area contributed by atoms with Gasteiger partial charge >= 0.3 is 0 Å². The molecule has 0 spiro atoms. The van der Waals surface area contributed by atoms with E-state index < -0.39 is 11.7 Å². The topological polar surface area (TPSA) is 67.4 Å². The number of methoxy groups -OCH3 is 1. The third-order valence-electron chi connectivity index (χ3n) is 3.73. The van der Waals surface area contributed by atoms with E-state index in [-0.39, 0.29) is 24.1 Å². The van der Waals surface area contributed by atoms with E-state index in [0.717, 1.165) is 17.2 Å². The molecule has 0 aliphatic rings. The molecular formula is C19H21FN2O3. The highest BCUT2D eigenvalue weighted by molar-refractivity contribution is 5.96. The van der Waals surface area contributed by atoms with Crippen molar-refractivity contribution >= 4 is 11.8 Å². The van der Waals surface area contributed by atoms with Gasteiger partial charge in [-0.3, -0.25) is 9.59 Å². The summed E-state index contributed by atoms with van der Waals surface area (Å²) in [6.45, 7) is 3.59. The van der Waals surface area contributed by atoms with Crippen molar-refractivity contribution in [3.05, 3.63) is 65.0 Å². The molecule has 0 fully saturated rings. The highest BCUT2D eigenvalue weighted by Crippen LogP contribution is 2.25. The van der Waals surface area contributed by atoms with Gasteiger partial charge in [0.05, 0.1) is 19.7 Å². The number of amides is 2. The summed E-state index contributed by atoms with van der Waals surface area (Å²) in [5, 5.41) is 5.28.